The lowest BCUT2D eigenvalue weighted by atomic mass is 9.94. The maximum Gasteiger partial charge on any atom is 0.288 e. The van der Waals surface area contributed by atoms with E-state index in [1.807, 2.05) is 12.1 Å². The molecule has 22 heavy (non-hydrogen) atoms. The van der Waals surface area contributed by atoms with Gasteiger partial charge in [-0.1, -0.05) is 0 Å². The topological polar surface area (TPSA) is 87.1 Å². The van der Waals surface area contributed by atoms with Gasteiger partial charge < -0.3 is 9.73 Å². The molecule has 1 amide bonds. The van der Waals surface area contributed by atoms with Crippen molar-refractivity contribution in [3.8, 4) is 0 Å². The van der Waals surface area contributed by atoms with Crippen LogP contribution in [0.3, 0.4) is 0 Å². The van der Waals surface area contributed by atoms with Crippen molar-refractivity contribution in [2.75, 3.05) is 19.6 Å². The van der Waals surface area contributed by atoms with E-state index in [0.717, 1.165) is 31.8 Å². The molecule has 1 unspecified atom stereocenters. The van der Waals surface area contributed by atoms with E-state index in [0.29, 0.717) is 12.5 Å². The predicted octanol–water partition coefficient (Wildman–Crippen LogP) is 1.43. The average Bonchev–Trinajstić information content (AvgIpc) is 3.21. The fourth-order valence-electron chi connectivity index (χ4n) is 2.94. The number of furan rings is 1. The van der Waals surface area contributed by atoms with Gasteiger partial charge in [0, 0.05) is 13.1 Å². The number of nitrogens with zero attached hydrogens (tertiary/aromatic N) is 3. The van der Waals surface area contributed by atoms with Crippen LogP contribution in [0, 0.1) is 5.92 Å². The van der Waals surface area contributed by atoms with Crippen LogP contribution in [0.15, 0.2) is 29.1 Å². The number of likely N-dealkylation sites (tertiary alicyclic amines) is 1. The van der Waals surface area contributed by atoms with Crippen molar-refractivity contribution in [2.24, 2.45) is 5.92 Å². The van der Waals surface area contributed by atoms with Gasteiger partial charge in [0.05, 0.1) is 12.8 Å². The number of amides is 1. The van der Waals surface area contributed by atoms with Crippen LogP contribution in [0.5, 0.6) is 0 Å². The molecule has 0 saturated carbocycles. The summed E-state index contributed by atoms with van der Waals surface area (Å²) in [5.41, 5.74) is 0. The van der Waals surface area contributed by atoms with Crippen molar-refractivity contribution in [3.63, 3.8) is 0 Å². The van der Waals surface area contributed by atoms with E-state index in [1.165, 1.54) is 19.2 Å². The quantitative estimate of drug-likeness (QED) is 0.843. The number of carbonyl (C=O) groups excluding carboxylic acids is 1. The van der Waals surface area contributed by atoms with Gasteiger partial charge in [-0.3, -0.25) is 14.8 Å². The Morgan fingerprint density at radius 1 is 1.55 bits per heavy atom. The third-order valence-corrected chi connectivity index (χ3v) is 4.03. The van der Waals surface area contributed by atoms with Crippen LogP contribution in [0.2, 0.25) is 0 Å². The van der Waals surface area contributed by atoms with E-state index in [9.17, 15) is 4.79 Å². The summed E-state index contributed by atoms with van der Waals surface area (Å²) >= 11 is 0. The van der Waals surface area contributed by atoms with Crippen LogP contribution in [0.1, 0.15) is 35.6 Å². The summed E-state index contributed by atoms with van der Waals surface area (Å²) in [6.07, 6.45) is 6.45. The zero-order valence-corrected chi connectivity index (χ0v) is 12.5. The summed E-state index contributed by atoms with van der Waals surface area (Å²) in [5.74, 6) is 1.70. The number of rotatable bonds is 6. The van der Waals surface area contributed by atoms with Gasteiger partial charge in [-0.05, 0) is 43.9 Å². The minimum absolute atomic E-state index is 0.194. The van der Waals surface area contributed by atoms with Gasteiger partial charge in [-0.15, -0.1) is 0 Å². The number of carbonyl (C=O) groups is 1. The Bertz CT molecular complexity index is 567. The van der Waals surface area contributed by atoms with E-state index in [-0.39, 0.29) is 11.7 Å². The summed E-state index contributed by atoms with van der Waals surface area (Å²) in [6, 6.07) is 3.94. The first-order valence-electron chi connectivity index (χ1n) is 7.69. The molecule has 3 heterocycles. The highest BCUT2D eigenvalue weighted by atomic mass is 16.3. The first kappa shape index (κ1) is 14.8. The molecule has 118 valence electrons. The van der Waals surface area contributed by atoms with Crippen molar-refractivity contribution in [1.82, 2.24) is 25.4 Å². The van der Waals surface area contributed by atoms with Crippen molar-refractivity contribution in [2.45, 2.75) is 25.8 Å². The molecule has 2 aromatic rings. The van der Waals surface area contributed by atoms with Crippen molar-refractivity contribution >= 4 is 5.91 Å². The molecule has 2 N–H and O–H groups in total. The number of nitrogens with one attached hydrogen (secondary N) is 2. The van der Waals surface area contributed by atoms with E-state index in [1.54, 1.807) is 6.26 Å². The maximum absolute atomic E-state index is 11.8. The van der Waals surface area contributed by atoms with Crippen LogP contribution in [0.4, 0.5) is 0 Å². The van der Waals surface area contributed by atoms with Gasteiger partial charge in [0.15, 0.2) is 0 Å². The molecule has 7 heteroatoms. The number of aromatic nitrogens is 3. The van der Waals surface area contributed by atoms with Gasteiger partial charge in [0.25, 0.3) is 5.91 Å². The van der Waals surface area contributed by atoms with Gasteiger partial charge in [-0.2, -0.15) is 5.10 Å². The van der Waals surface area contributed by atoms with Crippen LogP contribution < -0.4 is 5.32 Å². The summed E-state index contributed by atoms with van der Waals surface area (Å²) < 4.78 is 5.41. The van der Waals surface area contributed by atoms with Crippen molar-refractivity contribution in [1.29, 1.82) is 0 Å². The monoisotopic (exact) mass is 303 g/mol. The lowest BCUT2D eigenvalue weighted by molar-refractivity contribution is 0.0936. The highest BCUT2D eigenvalue weighted by Crippen LogP contribution is 2.21. The maximum atomic E-state index is 11.8. The predicted molar refractivity (Wildman–Crippen MR) is 80.0 cm³/mol. The minimum atomic E-state index is -0.194. The van der Waals surface area contributed by atoms with Crippen LogP contribution in [-0.2, 0) is 6.54 Å². The molecule has 7 nitrogen and oxygen atoms in total. The molecule has 1 aliphatic rings. The zero-order chi connectivity index (χ0) is 15.2. The highest BCUT2D eigenvalue weighted by molar-refractivity contribution is 5.90. The smallest absolute Gasteiger partial charge is 0.288 e. The molecule has 0 aromatic carbocycles. The molecule has 3 rings (SSSR count). The molecule has 0 bridgehead atoms. The molecule has 1 saturated heterocycles. The van der Waals surface area contributed by atoms with Gasteiger partial charge in [-0.25, -0.2) is 4.98 Å². The van der Waals surface area contributed by atoms with Gasteiger partial charge in [0.2, 0.25) is 5.82 Å². The molecule has 0 aliphatic carbocycles. The molecule has 1 atom stereocenters. The zero-order valence-electron chi connectivity index (χ0n) is 12.5. The number of hydrogen-bond acceptors (Lipinski definition) is 5. The minimum Gasteiger partial charge on any atom is -0.468 e. The average molecular weight is 303 g/mol. The number of hydrogen-bond donors (Lipinski definition) is 2. The summed E-state index contributed by atoms with van der Waals surface area (Å²) in [4.78, 5) is 18.0. The van der Waals surface area contributed by atoms with E-state index >= 15 is 0 Å². The molecule has 1 fully saturated rings. The van der Waals surface area contributed by atoms with E-state index in [4.69, 9.17) is 4.42 Å². The Labute approximate surface area is 129 Å². The van der Waals surface area contributed by atoms with Gasteiger partial charge in [0.1, 0.15) is 12.1 Å². The summed E-state index contributed by atoms with van der Waals surface area (Å²) in [5, 5.41) is 9.12. The second-order valence-corrected chi connectivity index (χ2v) is 5.70. The summed E-state index contributed by atoms with van der Waals surface area (Å²) in [6.45, 7) is 3.70. The standard InChI is InChI=1S/C15H21N5O2/c21-15(14-17-11-18-19-14)16-6-5-12-3-1-7-20(9-12)10-13-4-2-8-22-13/h2,4,8,11-12H,1,3,5-7,9-10H2,(H,16,21)(H,17,18,19). The Morgan fingerprint density at radius 3 is 3.27 bits per heavy atom. The Morgan fingerprint density at radius 2 is 2.50 bits per heavy atom. The number of H-pyrrole nitrogens is 1. The normalized spacial score (nSPS) is 19.2. The lowest BCUT2D eigenvalue weighted by Crippen LogP contribution is -2.36. The fourth-order valence-corrected chi connectivity index (χ4v) is 2.94. The van der Waals surface area contributed by atoms with Crippen LogP contribution in [-0.4, -0.2) is 45.6 Å². The Kier molecular flexibility index (Phi) is 4.85. The SMILES string of the molecule is O=C(NCCC1CCCN(Cc2ccco2)C1)c1ncn[nH]1. The highest BCUT2D eigenvalue weighted by Gasteiger charge is 2.20. The van der Waals surface area contributed by atoms with Gasteiger partial charge >= 0.3 is 0 Å². The fraction of sp³-hybridized carbons (Fsp3) is 0.533. The Balaban J connectivity index is 1.40. The van der Waals surface area contributed by atoms with Crippen molar-refractivity contribution < 1.29 is 9.21 Å². The second kappa shape index (κ2) is 7.22. The first-order valence-corrected chi connectivity index (χ1v) is 7.69. The van der Waals surface area contributed by atoms with E-state index < -0.39 is 0 Å². The van der Waals surface area contributed by atoms with Crippen molar-refractivity contribution in [3.05, 3.63) is 36.3 Å². The third kappa shape index (κ3) is 3.94. The molecule has 2 aromatic heterocycles. The molecular formula is C15H21N5O2. The second-order valence-electron chi connectivity index (χ2n) is 5.70. The molecule has 0 radical (unpaired) electrons. The molecule has 0 spiro atoms. The lowest BCUT2D eigenvalue weighted by Gasteiger charge is -2.32. The third-order valence-electron chi connectivity index (χ3n) is 4.03. The van der Waals surface area contributed by atoms with E-state index in [2.05, 4.69) is 25.4 Å². The Hall–Kier alpha value is -2.15. The molecular weight excluding hydrogens is 282 g/mol. The largest absolute Gasteiger partial charge is 0.468 e. The van der Waals surface area contributed by atoms with Crippen LogP contribution in [0.25, 0.3) is 0 Å². The first-order chi connectivity index (χ1) is 10.8. The summed E-state index contributed by atoms with van der Waals surface area (Å²) in [7, 11) is 0. The molecule has 1 aliphatic heterocycles. The number of aromatic amines is 1. The number of piperidine rings is 1. The van der Waals surface area contributed by atoms with Crippen LogP contribution >= 0.6 is 0 Å².